The van der Waals surface area contributed by atoms with E-state index in [0.717, 1.165) is 22.9 Å². The molecule has 1 aliphatic heterocycles. The summed E-state index contributed by atoms with van der Waals surface area (Å²) in [5, 5.41) is 14.6. The number of para-hydroxylation sites is 1. The summed E-state index contributed by atoms with van der Waals surface area (Å²) in [5.41, 5.74) is 6.95. The van der Waals surface area contributed by atoms with E-state index in [9.17, 15) is 14.7 Å². The van der Waals surface area contributed by atoms with E-state index in [0.29, 0.717) is 13.1 Å². The number of nitrogens with zero attached hydrogens (tertiary/aromatic N) is 3. The van der Waals surface area contributed by atoms with Crippen LogP contribution in [0.2, 0.25) is 5.02 Å². The normalized spacial score (nSPS) is 13.2. The number of aromatic hydroxyl groups is 1. The average molecular weight is 487 g/mol. The van der Waals surface area contributed by atoms with E-state index in [2.05, 4.69) is 22.7 Å². The second-order valence-corrected chi connectivity index (χ2v) is 8.84. The second-order valence-electron chi connectivity index (χ2n) is 8.43. The predicted octanol–water partition coefficient (Wildman–Crippen LogP) is 4.35. The second kappa shape index (κ2) is 9.64. The van der Waals surface area contributed by atoms with Crippen LogP contribution < -0.4 is 5.43 Å². The highest BCUT2D eigenvalue weighted by atomic mass is 35.5. The van der Waals surface area contributed by atoms with Gasteiger partial charge in [0.2, 0.25) is 5.91 Å². The molecular weight excluding hydrogens is 464 g/mol. The zero-order valence-electron chi connectivity index (χ0n) is 18.8. The van der Waals surface area contributed by atoms with Gasteiger partial charge in [-0.1, -0.05) is 54.1 Å². The number of carbonyl (C=O) groups is 2. The maximum Gasteiger partial charge on any atom is 0.271 e. The molecule has 2 amide bonds. The molecule has 176 valence electrons. The molecule has 1 aliphatic rings. The van der Waals surface area contributed by atoms with Gasteiger partial charge < -0.3 is 14.6 Å². The largest absolute Gasteiger partial charge is 0.506 e. The highest BCUT2D eigenvalue weighted by Gasteiger charge is 2.21. The van der Waals surface area contributed by atoms with Crippen LogP contribution >= 0.6 is 11.6 Å². The fourth-order valence-corrected chi connectivity index (χ4v) is 4.52. The van der Waals surface area contributed by atoms with Crippen molar-refractivity contribution in [3.8, 4) is 5.75 Å². The van der Waals surface area contributed by atoms with Gasteiger partial charge in [0.15, 0.2) is 0 Å². The average Bonchev–Trinajstić information content (AvgIpc) is 3.22. The van der Waals surface area contributed by atoms with Crippen LogP contribution in [0.3, 0.4) is 0 Å². The molecule has 2 N–H and O–H groups in total. The van der Waals surface area contributed by atoms with E-state index in [1.807, 2.05) is 52.1 Å². The first-order valence-electron chi connectivity index (χ1n) is 11.2. The van der Waals surface area contributed by atoms with Crippen molar-refractivity contribution in [1.82, 2.24) is 14.9 Å². The Hall–Kier alpha value is -4.10. The molecule has 0 spiro atoms. The van der Waals surface area contributed by atoms with Crippen LogP contribution in [-0.4, -0.2) is 39.1 Å². The lowest BCUT2D eigenvalue weighted by Crippen LogP contribution is -2.37. The number of halogens is 1. The Morgan fingerprint density at radius 1 is 1.06 bits per heavy atom. The lowest BCUT2D eigenvalue weighted by atomic mass is 10.00. The standard InChI is InChI=1S/C27H23ClN4O3/c28-23-13-19(9-10-25(23)33)27(35)30-29-14-21-16-32(24-8-4-3-7-22(21)24)17-26(34)31-12-11-18-5-1-2-6-20(18)15-31/h1-10,13-14,16,33H,11-12,15,17H2,(H,30,35)/b29-14+. The molecule has 0 aliphatic carbocycles. The van der Waals surface area contributed by atoms with E-state index >= 15 is 0 Å². The van der Waals surface area contributed by atoms with Crippen molar-refractivity contribution < 1.29 is 14.7 Å². The van der Waals surface area contributed by atoms with Crippen LogP contribution in [0.5, 0.6) is 5.75 Å². The molecule has 8 heteroatoms. The predicted molar refractivity (Wildman–Crippen MR) is 136 cm³/mol. The molecule has 4 aromatic rings. The summed E-state index contributed by atoms with van der Waals surface area (Å²) in [6.07, 6.45) is 4.28. The van der Waals surface area contributed by atoms with Gasteiger partial charge in [0.25, 0.3) is 5.91 Å². The van der Waals surface area contributed by atoms with E-state index in [1.54, 1.807) is 6.21 Å². The summed E-state index contributed by atoms with van der Waals surface area (Å²) in [7, 11) is 0. The molecular formula is C27H23ClN4O3. The lowest BCUT2D eigenvalue weighted by molar-refractivity contribution is -0.132. The first kappa shape index (κ1) is 22.7. The van der Waals surface area contributed by atoms with Crippen molar-refractivity contribution in [2.24, 2.45) is 5.10 Å². The molecule has 1 aromatic heterocycles. The molecule has 3 aromatic carbocycles. The van der Waals surface area contributed by atoms with Gasteiger partial charge in [0.05, 0.1) is 11.2 Å². The summed E-state index contributed by atoms with van der Waals surface area (Å²) in [4.78, 5) is 27.4. The van der Waals surface area contributed by atoms with Crippen molar-refractivity contribution in [2.75, 3.05) is 6.54 Å². The molecule has 0 saturated heterocycles. The minimum absolute atomic E-state index is 0.0567. The number of fused-ring (bicyclic) bond motifs is 2. The van der Waals surface area contributed by atoms with Gasteiger partial charge in [-0.25, -0.2) is 5.43 Å². The van der Waals surface area contributed by atoms with Gasteiger partial charge in [0.1, 0.15) is 12.3 Å². The zero-order valence-corrected chi connectivity index (χ0v) is 19.6. The minimum atomic E-state index is -0.451. The van der Waals surface area contributed by atoms with Crippen molar-refractivity contribution in [1.29, 1.82) is 0 Å². The lowest BCUT2D eigenvalue weighted by Gasteiger charge is -2.29. The maximum atomic E-state index is 13.1. The third-order valence-electron chi connectivity index (χ3n) is 6.19. The first-order valence-corrected chi connectivity index (χ1v) is 11.6. The highest BCUT2D eigenvalue weighted by molar-refractivity contribution is 6.32. The van der Waals surface area contributed by atoms with Gasteiger partial charge >= 0.3 is 0 Å². The minimum Gasteiger partial charge on any atom is -0.506 e. The number of carbonyl (C=O) groups excluding carboxylic acids is 2. The van der Waals surface area contributed by atoms with Gasteiger partial charge in [-0.3, -0.25) is 9.59 Å². The summed E-state index contributed by atoms with van der Waals surface area (Å²) in [5.74, 6) is -0.489. The maximum absolute atomic E-state index is 13.1. The third kappa shape index (κ3) is 4.76. The smallest absolute Gasteiger partial charge is 0.271 e. The van der Waals surface area contributed by atoms with Crippen molar-refractivity contribution >= 4 is 40.5 Å². The quantitative estimate of drug-likeness (QED) is 0.325. The van der Waals surface area contributed by atoms with Crippen LogP contribution in [0.4, 0.5) is 0 Å². The highest BCUT2D eigenvalue weighted by Crippen LogP contribution is 2.24. The van der Waals surface area contributed by atoms with Gasteiger partial charge in [-0.2, -0.15) is 5.10 Å². The fourth-order valence-electron chi connectivity index (χ4n) is 4.34. The molecule has 0 fully saturated rings. The molecule has 0 radical (unpaired) electrons. The van der Waals surface area contributed by atoms with Crippen molar-refractivity contribution in [2.45, 2.75) is 19.5 Å². The molecule has 35 heavy (non-hydrogen) atoms. The molecule has 0 atom stereocenters. The van der Waals surface area contributed by atoms with Crippen LogP contribution in [0.1, 0.15) is 27.0 Å². The zero-order chi connectivity index (χ0) is 24.4. The fraction of sp³-hybridized carbons (Fsp3) is 0.148. The Labute approximate surface area is 207 Å². The van der Waals surface area contributed by atoms with Crippen molar-refractivity contribution in [3.05, 3.63) is 100 Å². The van der Waals surface area contributed by atoms with Crippen LogP contribution in [-0.2, 0) is 24.3 Å². The monoisotopic (exact) mass is 486 g/mol. The Morgan fingerprint density at radius 3 is 2.66 bits per heavy atom. The summed E-state index contributed by atoms with van der Waals surface area (Å²) in [6.45, 7) is 1.54. The summed E-state index contributed by atoms with van der Waals surface area (Å²) >= 11 is 5.88. The van der Waals surface area contributed by atoms with E-state index in [-0.39, 0.29) is 28.8 Å². The van der Waals surface area contributed by atoms with E-state index < -0.39 is 5.91 Å². The Morgan fingerprint density at radius 2 is 1.83 bits per heavy atom. The number of hydrazone groups is 1. The number of phenolic OH excluding ortho intramolecular Hbond substituents is 1. The molecule has 0 unspecified atom stereocenters. The molecule has 0 bridgehead atoms. The van der Waals surface area contributed by atoms with E-state index in [4.69, 9.17) is 11.6 Å². The number of hydrogen-bond donors (Lipinski definition) is 2. The Balaban J connectivity index is 1.31. The van der Waals surface area contributed by atoms with Gasteiger partial charge in [-0.05, 0) is 41.8 Å². The van der Waals surface area contributed by atoms with E-state index in [1.165, 1.54) is 29.3 Å². The molecule has 5 rings (SSSR count). The SMILES string of the molecule is O=C(N/N=C/c1cn(CC(=O)N2CCc3ccccc3C2)c2ccccc12)c1ccc(O)c(Cl)c1. The van der Waals surface area contributed by atoms with Gasteiger partial charge in [-0.15, -0.1) is 0 Å². The molecule has 2 heterocycles. The third-order valence-corrected chi connectivity index (χ3v) is 6.49. The van der Waals surface area contributed by atoms with Gasteiger partial charge in [0, 0.05) is 41.3 Å². The number of benzene rings is 3. The first-order chi connectivity index (χ1) is 17.0. The number of phenols is 1. The topological polar surface area (TPSA) is 86.9 Å². The summed E-state index contributed by atoms with van der Waals surface area (Å²) < 4.78 is 1.92. The molecule has 7 nitrogen and oxygen atoms in total. The Kier molecular flexibility index (Phi) is 6.25. The number of rotatable bonds is 5. The number of hydrogen-bond acceptors (Lipinski definition) is 4. The molecule has 0 saturated carbocycles. The summed E-state index contributed by atoms with van der Waals surface area (Å²) in [6, 6.07) is 20.2. The van der Waals surface area contributed by atoms with Crippen LogP contribution in [0, 0.1) is 0 Å². The van der Waals surface area contributed by atoms with Crippen molar-refractivity contribution in [3.63, 3.8) is 0 Å². The Bertz CT molecular complexity index is 1460. The number of nitrogens with one attached hydrogen (secondary N) is 1. The number of amides is 2. The van der Waals surface area contributed by atoms with Crippen LogP contribution in [0.25, 0.3) is 10.9 Å². The van der Waals surface area contributed by atoms with Crippen LogP contribution in [0.15, 0.2) is 78.0 Å². The number of aromatic nitrogens is 1.